The van der Waals surface area contributed by atoms with Crippen molar-refractivity contribution in [2.45, 2.75) is 19.9 Å². The van der Waals surface area contributed by atoms with Gasteiger partial charge in [0.1, 0.15) is 5.75 Å². The zero-order valence-corrected chi connectivity index (χ0v) is 10.6. The lowest BCUT2D eigenvalue weighted by molar-refractivity contribution is -0.116. The van der Waals surface area contributed by atoms with E-state index in [9.17, 15) is 4.79 Å². The second-order valence-corrected chi connectivity index (χ2v) is 4.18. The van der Waals surface area contributed by atoms with E-state index in [1.54, 1.807) is 12.0 Å². The number of ether oxygens (including phenoxy) is 1. The SMILES string of the molecule is COc1ccc2c(c1)/C(=C/C#N)C(C)N2C(C)=O. The van der Waals surface area contributed by atoms with E-state index < -0.39 is 0 Å². The zero-order valence-electron chi connectivity index (χ0n) is 10.6. The second-order valence-electron chi connectivity index (χ2n) is 4.18. The molecule has 1 amide bonds. The lowest BCUT2D eigenvalue weighted by atomic mass is 10.0. The van der Waals surface area contributed by atoms with Crippen molar-refractivity contribution in [2.75, 3.05) is 12.0 Å². The summed E-state index contributed by atoms with van der Waals surface area (Å²) in [5.74, 6) is 0.686. The van der Waals surface area contributed by atoms with E-state index in [0.29, 0.717) is 0 Å². The number of nitrogens with zero attached hydrogens (tertiary/aromatic N) is 2. The van der Waals surface area contributed by atoms with Crippen molar-refractivity contribution in [3.05, 3.63) is 29.8 Å². The predicted molar refractivity (Wildman–Crippen MR) is 69.2 cm³/mol. The molecule has 0 aliphatic carbocycles. The summed E-state index contributed by atoms with van der Waals surface area (Å²) in [6.07, 6.45) is 1.49. The van der Waals surface area contributed by atoms with Crippen LogP contribution < -0.4 is 9.64 Å². The lowest BCUT2D eigenvalue weighted by Crippen LogP contribution is -2.33. The third-order valence-corrected chi connectivity index (χ3v) is 3.17. The van der Waals surface area contributed by atoms with E-state index in [-0.39, 0.29) is 11.9 Å². The number of carbonyl (C=O) groups excluding carboxylic acids is 1. The van der Waals surface area contributed by atoms with Gasteiger partial charge in [-0.05, 0) is 30.7 Å². The standard InChI is InChI=1S/C14H14N2O2/c1-9-12(6-7-15)13-8-11(18-3)4-5-14(13)16(9)10(2)17/h4-6,8-9H,1-3H3/b12-6+. The second kappa shape index (κ2) is 4.53. The van der Waals surface area contributed by atoms with Gasteiger partial charge in [-0.3, -0.25) is 4.79 Å². The first-order chi connectivity index (χ1) is 8.60. The molecule has 0 fully saturated rings. The summed E-state index contributed by atoms with van der Waals surface area (Å²) in [7, 11) is 1.59. The van der Waals surface area contributed by atoms with Gasteiger partial charge in [0.2, 0.25) is 5.91 Å². The maximum atomic E-state index is 11.7. The van der Waals surface area contributed by atoms with Crippen LogP contribution in [0.15, 0.2) is 24.3 Å². The highest BCUT2D eigenvalue weighted by Crippen LogP contribution is 2.41. The normalized spacial score (nSPS) is 19.6. The fraction of sp³-hybridized carbons (Fsp3) is 0.286. The Morgan fingerprint density at radius 2 is 2.28 bits per heavy atom. The Morgan fingerprint density at radius 3 is 2.83 bits per heavy atom. The van der Waals surface area contributed by atoms with Gasteiger partial charge in [-0.1, -0.05) is 0 Å². The Bertz CT molecular complexity index is 570. The van der Waals surface area contributed by atoms with Crippen LogP contribution in [0.1, 0.15) is 19.4 Å². The highest BCUT2D eigenvalue weighted by Gasteiger charge is 2.33. The van der Waals surface area contributed by atoms with E-state index in [2.05, 4.69) is 0 Å². The van der Waals surface area contributed by atoms with Gasteiger partial charge < -0.3 is 9.64 Å². The molecular weight excluding hydrogens is 228 g/mol. The first-order valence-corrected chi connectivity index (χ1v) is 5.68. The Labute approximate surface area is 106 Å². The number of anilines is 1. The molecule has 1 aromatic carbocycles. The van der Waals surface area contributed by atoms with Gasteiger partial charge in [-0.25, -0.2) is 0 Å². The molecule has 92 valence electrons. The number of hydrogen-bond donors (Lipinski definition) is 0. The maximum Gasteiger partial charge on any atom is 0.224 e. The van der Waals surface area contributed by atoms with Crippen LogP contribution in [-0.2, 0) is 4.79 Å². The van der Waals surface area contributed by atoms with Crippen molar-refractivity contribution < 1.29 is 9.53 Å². The number of nitriles is 1. The number of carbonyl (C=O) groups is 1. The monoisotopic (exact) mass is 242 g/mol. The predicted octanol–water partition coefficient (Wildman–Crippen LogP) is 2.36. The summed E-state index contributed by atoms with van der Waals surface area (Å²) in [6.45, 7) is 3.44. The van der Waals surface area contributed by atoms with Crippen LogP contribution >= 0.6 is 0 Å². The van der Waals surface area contributed by atoms with E-state index in [1.165, 1.54) is 13.0 Å². The van der Waals surface area contributed by atoms with Gasteiger partial charge in [0.05, 0.1) is 24.9 Å². The molecule has 2 rings (SSSR count). The summed E-state index contributed by atoms with van der Waals surface area (Å²) in [6, 6.07) is 7.44. The van der Waals surface area contributed by atoms with Crippen LogP contribution in [0.25, 0.3) is 5.57 Å². The smallest absolute Gasteiger partial charge is 0.224 e. The Balaban J connectivity index is 2.63. The van der Waals surface area contributed by atoms with Gasteiger partial charge in [0.15, 0.2) is 0 Å². The average Bonchev–Trinajstić information content (AvgIpc) is 2.62. The number of rotatable bonds is 1. The van der Waals surface area contributed by atoms with Gasteiger partial charge in [-0.15, -0.1) is 0 Å². The van der Waals surface area contributed by atoms with Crippen LogP contribution in [0.3, 0.4) is 0 Å². The largest absolute Gasteiger partial charge is 0.497 e. The zero-order chi connectivity index (χ0) is 13.3. The minimum absolute atomic E-state index is 0.0322. The number of methoxy groups -OCH3 is 1. The minimum atomic E-state index is -0.121. The Morgan fingerprint density at radius 1 is 1.56 bits per heavy atom. The summed E-state index contributed by atoms with van der Waals surface area (Å²) >= 11 is 0. The lowest BCUT2D eigenvalue weighted by Gasteiger charge is -2.20. The van der Waals surface area contributed by atoms with Crippen LogP contribution in [0, 0.1) is 11.3 Å². The number of hydrogen-bond acceptors (Lipinski definition) is 3. The van der Waals surface area contributed by atoms with Crippen LogP contribution in [0.4, 0.5) is 5.69 Å². The van der Waals surface area contributed by atoms with Crippen molar-refractivity contribution in [3.8, 4) is 11.8 Å². The molecule has 0 aromatic heterocycles. The molecule has 0 spiro atoms. The molecule has 4 nitrogen and oxygen atoms in total. The molecule has 1 atom stereocenters. The van der Waals surface area contributed by atoms with Crippen molar-refractivity contribution >= 4 is 17.2 Å². The Kier molecular flexibility index (Phi) is 3.07. The topological polar surface area (TPSA) is 53.3 Å². The number of benzene rings is 1. The molecule has 1 unspecified atom stereocenters. The quantitative estimate of drug-likeness (QED) is 0.710. The molecular formula is C14H14N2O2. The molecule has 1 heterocycles. The van der Waals surface area contributed by atoms with Gasteiger partial charge >= 0.3 is 0 Å². The molecule has 1 aromatic rings. The summed E-state index contributed by atoms with van der Waals surface area (Å²) in [4.78, 5) is 13.4. The summed E-state index contributed by atoms with van der Waals surface area (Å²) in [5, 5.41) is 8.86. The van der Waals surface area contributed by atoms with Crippen molar-refractivity contribution in [1.29, 1.82) is 5.26 Å². The van der Waals surface area contributed by atoms with E-state index in [4.69, 9.17) is 10.00 Å². The molecule has 1 aliphatic heterocycles. The van der Waals surface area contributed by atoms with E-state index in [1.807, 2.05) is 31.2 Å². The van der Waals surface area contributed by atoms with E-state index in [0.717, 1.165) is 22.6 Å². The number of allylic oxidation sites excluding steroid dienone is 1. The third kappa shape index (κ3) is 1.74. The highest BCUT2D eigenvalue weighted by atomic mass is 16.5. The molecule has 0 radical (unpaired) electrons. The summed E-state index contributed by atoms with van der Waals surface area (Å²) < 4.78 is 5.18. The molecule has 0 saturated heterocycles. The fourth-order valence-electron chi connectivity index (χ4n) is 2.37. The average molecular weight is 242 g/mol. The third-order valence-electron chi connectivity index (χ3n) is 3.17. The van der Waals surface area contributed by atoms with Gasteiger partial charge in [-0.2, -0.15) is 5.26 Å². The van der Waals surface area contributed by atoms with Crippen LogP contribution in [0.5, 0.6) is 5.75 Å². The van der Waals surface area contributed by atoms with Gasteiger partial charge in [0.25, 0.3) is 0 Å². The highest BCUT2D eigenvalue weighted by molar-refractivity contribution is 6.03. The van der Waals surface area contributed by atoms with Gasteiger partial charge in [0, 0.05) is 18.6 Å². The molecule has 4 heteroatoms. The molecule has 0 saturated carbocycles. The maximum absolute atomic E-state index is 11.7. The summed E-state index contributed by atoms with van der Waals surface area (Å²) in [5.41, 5.74) is 2.57. The first kappa shape index (κ1) is 12.2. The van der Waals surface area contributed by atoms with Crippen LogP contribution in [-0.4, -0.2) is 19.1 Å². The van der Waals surface area contributed by atoms with E-state index >= 15 is 0 Å². The van der Waals surface area contributed by atoms with Crippen molar-refractivity contribution in [2.24, 2.45) is 0 Å². The fourth-order valence-corrected chi connectivity index (χ4v) is 2.37. The Hall–Kier alpha value is -2.28. The number of fused-ring (bicyclic) bond motifs is 1. The van der Waals surface area contributed by atoms with Crippen molar-refractivity contribution in [3.63, 3.8) is 0 Å². The molecule has 1 aliphatic rings. The molecule has 0 N–H and O–H groups in total. The first-order valence-electron chi connectivity index (χ1n) is 5.68. The van der Waals surface area contributed by atoms with Crippen LogP contribution in [0.2, 0.25) is 0 Å². The van der Waals surface area contributed by atoms with Crippen molar-refractivity contribution in [1.82, 2.24) is 0 Å². The molecule has 18 heavy (non-hydrogen) atoms. The number of amides is 1. The minimum Gasteiger partial charge on any atom is -0.497 e. The molecule has 0 bridgehead atoms.